The van der Waals surface area contributed by atoms with Gasteiger partial charge in [0.25, 0.3) is 11.5 Å². The van der Waals surface area contributed by atoms with Crippen molar-refractivity contribution in [3.63, 3.8) is 0 Å². The van der Waals surface area contributed by atoms with Gasteiger partial charge >= 0.3 is 0 Å². The molecular formula is C18H11Cl2N3O2. The van der Waals surface area contributed by atoms with Gasteiger partial charge in [0.2, 0.25) is 0 Å². The number of rotatable bonds is 2. The molecule has 0 atom stereocenters. The number of para-hydroxylation sites is 1. The molecule has 25 heavy (non-hydrogen) atoms. The molecule has 2 heterocycles. The summed E-state index contributed by atoms with van der Waals surface area (Å²) >= 11 is 12.0. The van der Waals surface area contributed by atoms with Crippen LogP contribution in [0, 0.1) is 6.92 Å². The molecular weight excluding hydrogens is 361 g/mol. The lowest BCUT2D eigenvalue weighted by molar-refractivity contribution is -0.112. The van der Waals surface area contributed by atoms with E-state index in [2.05, 4.69) is 10.1 Å². The monoisotopic (exact) mass is 371 g/mol. The number of nitrogens with one attached hydrogen (secondary N) is 1. The summed E-state index contributed by atoms with van der Waals surface area (Å²) in [7, 11) is 0. The number of carbonyl (C=O) groups is 1. The summed E-state index contributed by atoms with van der Waals surface area (Å²) in [5, 5.41) is 4.96. The van der Waals surface area contributed by atoms with E-state index in [1.54, 1.807) is 43.3 Å². The van der Waals surface area contributed by atoms with Crippen LogP contribution in [0.15, 0.2) is 52.3 Å². The number of hydrogen-bond donors (Lipinski definition) is 1. The van der Waals surface area contributed by atoms with Crippen LogP contribution in [-0.4, -0.2) is 15.7 Å². The Labute approximate surface area is 151 Å². The zero-order valence-corrected chi connectivity index (χ0v) is 14.5. The molecule has 1 N–H and O–H groups in total. The number of halogens is 2. The molecule has 4 rings (SSSR count). The Morgan fingerprint density at radius 3 is 2.56 bits per heavy atom. The zero-order valence-electron chi connectivity index (χ0n) is 13.0. The van der Waals surface area contributed by atoms with E-state index < -0.39 is 5.91 Å². The average Bonchev–Trinajstić information content (AvgIpc) is 3.06. The number of amides is 1. The number of nitrogens with zero attached hydrogens (tertiary/aromatic N) is 2. The quantitative estimate of drug-likeness (QED) is 0.749. The molecule has 1 amide bonds. The highest BCUT2D eigenvalue weighted by atomic mass is 35.5. The fourth-order valence-corrected chi connectivity index (χ4v) is 3.24. The predicted octanol–water partition coefficient (Wildman–Crippen LogP) is 2.14. The number of hydrogen-bond acceptors (Lipinski definition) is 2. The fourth-order valence-electron chi connectivity index (χ4n) is 2.95. The Hall–Kier alpha value is -2.63. The van der Waals surface area contributed by atoms with E-state index in [4.69, 9.17) is 23.2 Å². The molecule has 0 aliphatic carbocycles. The maximum atomic E-state index is 13.0. The van der Waals surface area contributed by atoms with Crippen LogP contribution in [0.2, 0.25) is 10.0 Å². The van der Waals surface area contributed by atoms with E-state index in [1.807, 2.05) is 6.07 Å². The van der Waals surface area contributed by atoms with Crippen LogP contribution in [-0.2, 0) is 4.79 Å². The third-order valence-electron chi connectivity index (χ3n) is 4.09. The summed E-state index contributed by atoms with van der Waals surface area (Å²) < 4.78 is 1.34. The first-order chi connectivity index (χ1) is 12.0. The van der Waals surface area contributed by atoms with Crippen molar-refractivity contribution in [1.82, 2.24) is 9.78 Å². The Kier molecular flexibility index (Phi) is 3.63. The number of benzene rings is 2. The number of carbonyl (C=O) groups excluding carboxylic acids is 1. The van der Waals surface area contributed by atoms with Crippen LogP contribution in [0.5, 0.6) is 0 Å². The average molecular weight is 372 g/mol. The fraction of sp³-hybridized carbons (Fsp3) is 0.0556. The molecule has 3 aromatic rings. The number of aromatic amines is 1. The van der Waals surface area contributed by atoms with Gasteiger partial charge in [-0.3, -0.25) is 14.7 Å². The Morgan fingerprint density at radius 1 is 1.04 bits per heavy atom. The zero-order chi connectivity index (χ0) is 17.7. The van der Waals surface area contributed by atoms with Crippen LogP contribution >= 0.6 is 23.2 Å². The predicted molar refractivity (Wildman–Crippen MR) is 95.9 cm³/mol. The molecule has 1 aliphatic rings. The lowest BCUT2D eigenvalue weighted by Gasteiger charge is -2.03. The molecule has 0 bridgehead atoms. The topological polar surface area (TPSA) is 67.2 Å². The molecule has 2 aromatic carbocycles. The summed E-state index contributed by atoms with van der Waals surface area (Å²) in [6, 6.07) is 12.0. The van der Waals surface area contributed by atoms with Crippen molar-refractivity contribution in [2.75, 3.05) is 0 Å². The van der Waals surface area contributed by atoms with Crippen molar-refractivity contribution in [2.45, 2.75) is 6.92 Å². The molecule has 124 valence electrons. The van der Waals surface area contributed by atoms with Crippen molar-refractivity contribution in [3.8, 4) is 5.69 Å². The number of aromatic nitrogens is 2. The Balaban J connectivity index is 2.00. The maximum absolute atomic E-state index is 13.0. The molecule has 0 spiro atoms. The molecule has 0 radical (unpaired) electrons. The molecule has 1 aliphatic heterocycles. The van der Waals surface area contributed by atoms with E-state index in [-0.39, 0.29) is 5.56 Å². The van der Waals surface area contributed by atoms with Crippen LogP contribution in [0.25, 0.3) is 11.3 Å². The van der Waals surface area contributed by atoms with Gasteiger partial charge in [0.1, 0.15) is 0 Å². The summed E-state index contributed by atoms with van der Waals surface area (Å²) in [6.45, 7) is 1.74. The van der Waals surface area contributed by atoms with Crippen LogP contribution in [0.4, 0.5) is 0 Å². The highest BCUT2D eigenvalue weighted by molar-refractivity contribution is 6.42. The first-order valence-corrected chi connectivity index (χ1v) is 8.23. The van der Waals surface area contributed by atoms with Gasteiger partial charge in [0.15, 0.2) is 0 Å². The lowest BCUT2D eigenvalue weighted by Crippen LogP contribution is -2.25. The Bertz CT molecular complexity index is 1220. The van der Waals surface area contributed by atoms with Crippen LogP contribution in [0.3, 0.4) is 0 Å². The smallest absolute Gasteiger partial charge is 0.279 e. The van der Waals surface area contributed by atoms with E-state index in [9.17, 15) is 9.59 Å². The first kappa shape index (κ1) is 15.9. The minimum atomic E-state index is -0.415. The molecule has 0 unspecified atom stereocenters. The van der Waals surface area contributed by atoms with Crippen molar-refractivity contribution in [2.24, 2.45) is 4.99 Å². The van der Waals surface area contributed by atoms with E-state index in [0.717, 1.165) is 0 Å². The minimum absolute atomic E-state index is 0.310. The minimum Gasteiger partial charge on any atom is -0.295 e. The van der Waals surface area contributed by atoms with Gasteiger partial charge in [-0.1, -0.05) is 41.4 Å². The van der Waals surface area contributed by atoms with Crippen molar-refractivity contribution in [1.29, 1.82) is 0 Å². The second-order valence-corrected chi connectivity index (χ2v) is 6.47. The van der Waals surface area contributed by atoms with Gasteiger partial charge in [0.05, 0.1) is 32.2 Å². The number of H-pyrrole nitrogens is 1. The Morgan fingerprint density at radius 2 is 1.80 bits per heavy atom. The van der Waals surface area contributed by atoms with Crippen molar-refractivity contribution >= 4 is 34.7 Å². The molecule has 0 fully saturated rings. The molecule has 1 aromatic heterocycles. The molecule has 7 heteroatoms. The summed E-state index contributed by atoms with van der Waals surface area (Å²) in [4.78, 5) is 29.4. The van der Waals surface area contributed by atoms with Gasteiger partial charge in [-0.05, 0) is 31.2 Å². The van der Waals surface area contributed by atoms with Gasteiger partial charge in [-0.2, -0.15) is 0 Å². The van der Waals surface area contributed by atoms with Gasteiger partial charge < -0.3 is 0 Å². The third-order valence-corrected chi connectivity index (χ3v) is 4.83. The lowest BCUT2D eigenvalue weighted by atomic mass is 10.0. The first-order valence-electron chi connectivity index (χ1n) is 7.47. The second kappa shape index (κ2) is 5.72. The van der Waals surface area contributed by atoms with E-state index in [0.29, 0.717) is 43.1 Å². The van der Waals surface area contributed by atoms with Crippen LogP contribution < -0.4 is 16.1 Å². The second-order valence-electron chi connectivity index (χ2n) is 5.66. The summed E-state index contributed by atoms with van der Waals surface area (Å²) in [6.07, 6.45) is 0. The van der Waals surface area contributed by atoms with Crippen molar-refractivity contribution < 1.29 is 4.79 Å². The van der Waals surface area contributed by atoms with Gasteiger partial charge in [0, 0.05) is 10.9 Å². The highest BCUT2D eigenvalue weighted by Crippen LogP contribution is 2.24. The largest absolute Gasteiger partial charge is 0.295 e. The molecule has 5 nitrogen and oxygen atoms in total. The SMILES string of the molecule is Cc1[nH]n(-c2ccc(Cl)c(Cl)c2)c(=O)c1C1=c2ccccc2=NC1=O. The molecule has 0 saturated heterocycles. The highest BCUT2D eigenvalue weighted by Gasteiger charge is 2.25. The number of aryl methyl sites for hydroxylation is 1. The van der Waals surface area contributed by atoms with Crippen LogP contribution in [0.1, 0.15) is 11.3 Å². The van der Waals surface area contributed by atoms with Gasteiger partial charge in [-0.15, -0.1) is 0 Å². The third kappa shape index (κ3) is 2.44. The normalized spacial score (nSPS) is 13.1. The molecule has 0 saturated carbocycles. The standard InChI is InChI=1S/C18H11Cl2N3O2/c1-9-15(16-11-4-2-3-5-14(11)21-17(16)24)18(25)23(22-9)10-6-7-12(19)13(20)8-10/h2-8,22H,1H3. The summed E-state index contributed by atoms with van der Waals surface area (Å²) in [5.41, 5.74) is 1.39. The van der Waals surface area contributed by atoms with Crippen molar-refractivity contribution in [3.05, 3.63) is 84.7 Å². The van der Waals surface area contributed by atoms with E-state index in [1.165, 1.54) is 4.68 Å². The van der Waals surface area contributed by atoms with Gasteiger partial charge in [-0.25, -0.2) is 9.67 Å². The maximum Gasteiger partial charge on any atom is 0.279 e. The number of fused-ring (bicyclic) bond motifs is 1. The van der Waals surface area contributed by atoms with E-state index >= 15 is 0 Å². The summed E-state index contributed by atoms with van der Waals surface area (Å²) in [5.74, 6) is -0.415.